The van der Waals surface area contributed by atoms with Gasteiger partial charge in [0.05, 0.1) is 13.2 Å². The zero-order chi connectivity index (χ0) is 13.8. The van der Waals surface area contributed by atoms with E-state index in [1.807, 2.05) is 6.92 Å². The molecule has 6 heteroatoms. The number of alkyl carbamates (subject to hydrolysis) is 1. The number of carbonyl (C=O) groups is 2. The van der Waals surface area contributed by atoms with Gasteiger partial charge in [-0.15, -0.1) is 0 Å². The van der Waals surface area contributed by atoms with Crippen molar-refractivity contribution in [3.8, 4) is 0 Å². The highest BCUT2D eigenvalue weighted by molar-refractivity contribution is 5.78. The molecule has 1 rings (SSSR count). The van der Waals surface area contributed by atoms with Gasteiger partial charge in [0.1, 0.15) is 18.8 Å². The maximum atomic E-state index is 11.4. The van der Waals surface area contributed by atoms with Crippen molar-refractivity contribution in [3.63, 3.8) is 0 Å². The minimum atomic E-state index is -0.627. The molecular weight excluding hydrogens is 238 g/mol. The summed E-state index contributed by atoms with van der Waals surface area (Å²) in [4.78, 5) is 22.6. The number of hydrogen-bond acceptors (Lipinski definition) is 5. The van der Waals surface area contributed by atoms with Crippen LogP contribution in [0.3, 0.4) is 0 Å². The van der Waals surface area contributed by atoms with Crippen LogP contribution < -0.4 is 5.32 Å². The summed E-state index contributed by atoms with van der Waals surface area (Å²) >= 11 is 0. The smallest absolute Gasteiger partial charge is 0.408 e. The maximum Gasteiger partial charge on any atom is 0.408 e. The quantitative estimate of drug-likeness (QED) is 0.765. The van der Waals surface area contributed by atoms with Gasteiger partial charge in [-0.1, -0.05) is 6.92 Å². The van der Waals surface area contributed by atoms with Crippen molar-refractivity contribution in [3.05, 3.63) is 0 Å². The molecule has 0 atom stereocenters. The van der Waals surface area contributed by atoms with E-state index in [1.54, 1.807) is 20.8 Å². The molecule has 1 N–H and O–H groups in total. The van der Waals surface area contributed by atoms with Gasteiger partial charge in [0.15, 0.2) is 0 Å². The molecule has 6 nitrogen and oxygen atoms in total. The minimum Gasteiger partial charge on any atom is -0.464 e. The fourth-order valence-electron chi connectivity index (χ4n) is 1.30. The third-order valence-electron chi connectivity index (χ3n) is 2.26. The highest BCUT2D eigenvalue weighted by atomic mass is 16.6. The van der Waals surface area contributed by atoms with Crippen molar-refractivity contribution in [2.24, 2.45) is 5.41 Å². The first kappa shape index (κ1) is 14.8. The van der Waals surface area contributed by atoms with Crippen molar-refractivity contribution < 1.29 is 23.8 Å². The van der Waals surface area contributed by atoms with E-state index >= 15 is 0 Å². The Morgan fingerprint density at radius 2 is 1.94 bits per heavy atom. The van der Waals surface area contributed by atoms with Crippen LogP contribution in [0.25, 0.3) is 0 Å². The minimum absolute atomic E-state index is 0.0818. The predicted octanol–water partition coefficient (Wildman–Crippen LogP) is 1.09. The van der Waals surface area contributed by atoms with E-state index in [4.69, 9.17) is 14.2 Å². The standard InChI is InChI=1S/C12H21NO5/c1-11(2,3)18-10(15)13-5-9(14)17-8-12(4)6-16-7-12/h5-8H2,1-4H3,(H,13,15). The van der Waals surface area contributed by atoms with Gasteiger partial charge in [0.2, 0.25) is 0 Å². The van der Waals surface area contributed by atoms with Crippen LogP contribution in [0.15, 0.2) is 0 Å². The Bertz CT molecular complexity index is 317. The van der Waals surface area contributed by atoms with Gasteiger partial charge in [-0.3, -0.25) is 4.79 Å². The number of rotatable bonds is 4. The SMILES string of the molecule is CC1(COC(=O)CNC(=O)OC(C)(C)C)COC1. The monoisotopic (exact) mass is 259 g/mol. The summed E-state index contributed by atoms with van der Waals surface area (Å²) in [6.45, 7) is 8.55. The van der Waals surface area contributed by atoms with Crippen molar-refractivity contribution in [2.75, 3.05) is 26.4 Å². The molecule has 1 aliphatic rings. The number of amides is 1. The first-order valence-electron chi connectivity index (χ1n) is 5.90. The van der Waals surface area contributed by atoms with E-state index < -0.39 is 17.7 Å². The molecule has 104 valence electrons. The third-order valence-corrected chi connectivity index (χ3v) is 2.26. The van der Waals surface area contributed by atoms with Crippen LogP contribution in [0.1, 0.15) is 27.7 Å². The summed E-state index contributed by atoms with van der Waals surface area (Å²) in [7, 11) is 0. The van der Waals surface area contributed by atoms with Crippen molar-refractivity contribution in [1.82, 2.24) is 5.32 Å². The fraction of sp³-hybridized carbons (Fsp3) is 0.833. The second-order valence-electron chi connectivity index (χ2n) is 5.82. The van der Waals surface area contributed by atoms with E-state index in [-0.39, 0.29) is 12.0 Å². The van der Waals surface area contributed by atoms with Gasteiger partial charge in [-0.2, -0.15) is 0 Å². The Labute approximate surface area is 107 Å². The van der Waals surface area contributed by atoms with Gasteiger partial charge in [-0.25, -0.2) is 4.79 Å². The first-order chi connectivity index (χ1) is 8.20. The Morgan fingerprint density at radius 3 is 2.39 bits per heavy atom. The van der Waals surface area contributed by atoms with E-state index in [2.05, 4.69) is 5.32 Å². The zero-order valence-corrected chi connectivity index (χ0v) is 11.4. The Balaban J connectivity index is 2.15. The van der Waals surface area contributed by atoms with Gasteiger partial charge in [0, 0.05) is 5.41 Å². The average Bonchev–Trinajstić information content (AvgIpc) is 2.18. The normalized spacial score (nSPS) is 17.6. The molecule has 0 aromatic heterocycles. The third kappa shape index (κ3) is 5.35. The van der Waals surface area contributed by atoms with Crippen LogP contribution in [0.4, 0.5) is 4.79 Å². The van der Waals surface area contributed by atoms with Crippen LogP contribution in [0.5, 0.6) is 0 Å². The summed E-state index contributed by atoms with van der Waals surface area (Å²) in [5.41, 5.74) is -0.660. The Hall–Kier alpha value is -1.30. The molecule has 0 aromatic carbocycles. The number of carbonyl (C=O) groups excluding carboxylic acids is 2. The molecule has 1 heterocycles. The lowest BCUT2D eigenvalue weighted by Gasteiger charge is -2.37. The summed E-state index contributed by atoms with van der Waals surface area (Å²) in [6, 6.07) is 0. The molecule has 0 radical (unpaired) electrons. The van der Waals surface area contributed by atoms with Crippen LogP contribution in [-0.4, -0.2) is 44.0 Å². The fourth-order valence-corrected chi connectivity index (χ4v) is 1.30. The Morgan fingerprint density at radius 1 is 1.33 bits per heavy atom. The number of esters is 1. The second kappa shape index (κ2) is 5.56. The van der Waals surface area contributed by atoms with Crippen LogP contribution in [0.2, 0.25) is 0 Å². The highest BCUT2D eigenvalue weighted by Crippen LogP contribution is 2.26. The Kier molecular flexibility index (Phi) is 4.56. The van der Waals surface area contributed by atoms with Gasteiger partial charge < -0.3 is 19.5 Å². The second-order valence-corrected chi connectivity index (χ2v) is 5.82. The van der Waals surface area contributed by atoms with Gasteiger partial charge in [-0.05, 0) is 20.8 Å². The summed E-state index contributed by atoms with van der Waals surface area (Å²) in [5.74, 6) is -0.478. The van der Waals surface area contributed by atoms with Crippen LogP contribution >= 0.6 is 0 Å². The van der Waals surface area contributed by atoms with Gasteiger partial charge in [0.25, 0.3) is 0 Å². The lowest BCUT2D eigenvalue weighted by Crippen LogP contribution is -2.45. The molecule has 0 aliphatic carbocycles. The maximum absolute atomic E-state index is 11.4. The summed E-state index contributed by atoms with van der Waals surface area (Å²) < 4.78 is 15.1. The molecule has 0 aromatic rings. The topological polar surface area (TPSA) is 73.9 Å². The lowest BCUT2D eigenvalue weighted by atomic mass is 9.90. The molecule has 1 fully saturated rings. The molecule has 1 amide bonds. The number of hydrogen-bond donors (Lipinski definition) is 1. The first-order valence-corrected chi connectivity index (χ1v) is 5.90. The summed E-state index contributed by atoms with van der Waals surface area (Å²) in [5, 5.41) is 2.34. The van der Waals surface area contributed by atoms with Crippen LogP contribution in [-0.2, 0) is 19.0 Å². The number of nitrogens with one attached hydrogen (secondary N) is 1. The molecule has 0 unspecified atom stereocenters. The predicted molar refractivity (Wildman–Crippen MR) is 64.1 cm³/mol. The van der Waals surface area contributed by atoms with Crippen molar-refractivity contribution >= 4 is 12.1 Å². The van der Waals surface area contributed by atoms with E-state index in [0.717, 1.165) is 0 Å². The average molecular weight is 259 g/mol. The molecule has 1 aliphatic heterocycles. The van der Waals surface area contributed by atoms with Crippen molar-refractivity contribution in [2.45, 2.75) is 33.3 Å². The number of ether oxygens (including phenoxy) is 3. The lowest BCUT2D eigenvalue weighted by molar-refractivity contribution is -0.164. The van der Waals surface area contributed by atoms with E-state index in [0.29, 0.717) is 19.8 Å². The van der Waals surface area contributed by atoms with Crippen LogP contribution in [0, 0.1) is 5.41 Å². The largest absolute Gasteiger partial charge is 0.464 e. The summed E-state index contributed by atoms with van der Waals surface area (Å²) in [6.07, 6.45) is -0.627. The molecule has 1 saturated heterocycles. The van der Waals surface area contributed by atoms with Crippen molar-refractivity contribution in [1.29, 1.82) is 0 Å². The highest BCUT2D eigenvalue weighted by Gasteiger charge is 2.34. The van der Waals surface area contributed by atoms with E-state index in [1.165, 1.54) is 0 Å². The van der Waals surface area contributed by atoms with Gasteiger partial charge >= 0.3 is 12.1 Å². The molecule has 0 saturated carbocycles. The molecule has 18 heavy (non-hydrogen) atoms. The zero-order valence-electron chi connectivity index (χ0n) is 11.4. The molecular formula is C12H21NO5. The molecule has 0 spiro atoms. The molecule has 0 bridgehead atoms. The van der Waals surface area contributed by atoms with E-state index in [9.17, 15) is 9.59 Å².